The highest BCUT2D eigenvalue weighted by atomic mass is 16.7. The van der Waals surface area contributed by atoms with E-state index < -0.39 is 0 Å². The van der Waals surface area contributed by atoms with Crippen molar-refractivity contribution in [2.45, 2.75) is 19.6 Å². The molecule has 62 valence electrons. The molecule has 0 amide bonds. The molecular weight excluding hydrogens is 142 g/mol. The van der Waals surface area contributed by atoms with Crippen LogP contribution < -0.4 is 0 Å². The van der Waals surface area contributed by atoms with Gasteiger partial charge < -0.3 is 9.47 Å². The Balaban J connectivity index is 3.83. The lowest BCUT2D eigenvalue weighted by molar-refractivity contribution is -0.100. The number of rotatable bonds is 4. The molecule has 0 spiro atoms. The maximum absolute atomic E-state index is 8.29. The number of hydrogen-bond donors (Lipinski definition) is 0. The zero-order chi connectivity index (χ0) is 8.69. The summed E-state index contributed by atoms with van der Waals surface area (Å²) in [6, 6.07) is 1.95. The summed E-state index contributed by atoms with van der Waals surface area (Å²) in [5.41, 5.74) is 0.959. The van der Waals surface area contributed by atoms with Gasteiger partial charge in [-0.2, -0.15) is 5.26 Å². The summed E-state index contributed by atoms with van der Waals surface area (Å²) in [5, 5.41) is 8.29. The van der Waals surface area contributed by atoms with Gasteiger partial charge in [-0.25, -0.2) is 0 Å². The third-order valence-corrected chi connectivity index (χ3v) is 1.33. The Morgan fingerprint density at radius 2 is 2.09 bits per heavy atom. The summed E-state index contributed by atoms with van der Waals surface area (Å²) in [5.74, 6) is 0. The molecule has 0 rings (SSSR count). The molecule has 0 aromatic carbocycles. The van der Waals surface area contributed by atoms with E-state index in [-0.39, 0.29) is 6.29 Å². The minimum Gasteiger partial charge on any atom is -0.356 e. The predicted molar refractivity (Wildman–Crippen MR) is 41.8 cm³/mol. The highest BCUT2D eigenvalue weighted by Gasteiger charge is 2.04. The lowest BCUT2D eigenvalue weighted by atomic mass is 10.2. The van der Waals surface area contributed by atoms with E-state index in [2.05, 4.69) is 0 Å². The van der Waals surface area contributed by atoms with E-state index in [0.717, 1.165) is 5.57 Å². The van der Waals surface area contributed by atoms with E-state index in [1.807, 2.05) is 13.0 Å². The molecule has 3 heteroatoms. The van der Waals surface area contributed by atoms with Gasteiger partial charge in [-0.05, 0) is 6.92 Å². The lowest BCUT2D eigenvalue weighted by Gasteiger charge is -2.12. The topological polar surface area (TPSA) is 42.2 Å². The van der Waals surface area contributed by atoms with Gasteiger partial charge in [0, 0.05) is 26.7 Å². The van der Waals surface area contributed by atoms with Gasteiger partial charge in [-0.1, -0.05) is 5.57 Å². The first-order valence-electron chi connectivity index (χ1n) is 3.35. The largest absolute Gasteiger partial charge is 0.356 e. The molecule has 0 aliphatic carbocycles. The third kappa shape index (κ3) is 4.54. The number of methoxy groups -OCH3 is 2. The van der Waals surface area contributed by atoms with Crippen molar-refractivity contribution in [2.24, 2.45) is 0 Å². The summed E-state index contributed by atoms with van der Waals surface area (Å²) in [4.78, 5) is 0. The molecule has 0 radical (unpaired) electrons. The van der Waals surface area contributed by atoms with Crippen molar-refractivity contribution in [1.29, 1.82) is 5.26 Å². The molecule has 0 fully saturated rings. The van der Waals surface area contributed by atoms with Crippen LogP contribution >= 0.6 is 0 Å². The molecule has 0 aromatic heterocycles. The van der Waals surface area contributed by atoms with Gasteiger partial charge in [0.15, 0.2) is 6.29 Å². The van der Waals surface area contributed by atoms with Crippen LogP contribution in [0.15, 0.2) is 11.6 Å². The maximum Gasteiger partial charge on any atom is 0.160 e. The van der Waals surface area contributed by atoms with Crippen molar-refractivity contribution in [3.63, 3.8) is 0 Å². The number of hydrogen-bond acceptors (Lipinski definition) is 3. The highest BCUT2D eigenvalue weighted by molar-refractivity contribution is 5.11. The fourth-order valence-electron chi connectivity index (χ4n) is 0.695. The first-order chi connectivity index (χ1) is 5.24. The van der Waals surface area contributed by atoms with Crippen LogP contribution in [0.2, 0.25) is 0 Å². The van der Waals surface area contributed by atoms with Crippen molar-refractivity contribution in [2.75, 3.05) is 14.2 Å². The molecule has 0 aliphatic heterocycles. The van der Waals surface area contributed by atoms with Crippen molar-refractivity contribution < 1.29 is 9.47 Å². The summed E-state index contributed by atoms with van der Waals surface area (Å²) < 4.78 is 9.89. The van der Waals surface area contributed by atoms with Crippen molar-refractivity contribution >= 4 is 0 Å². The number of allylic oxidation sites excluding steroid dienone is 1. The molecule has 0 saturated carbocycles. The number of ether oxygens (including phenoxy) is 2. The first-order valence-corrected chi connectivity index (χ1v) is 3.35. The minimum atomic E-state index is -0.236. The van der Waals surface area contributed by atoms with Gasteiger partial charge in [0.05, 0.1) is 6.07 Å². The summed E-state index contributed by atoms with van der Waals surface area (Å²) >= 11 is 0. The molecule has 0 saturated heterocycles. The molecular formula is C8H13NO2. The highest BCUT2D eigenvalue weighted by Crippen LogP contribution is 2.06. The molecule has 0 unspecified atom stereocenters. The SMILES string of the molecule is COC(C/C(C)=C/C#N)OC. The van der Waals surface area contributed by atoms with Crippen LogP contribution in [0, 0.1) is 11.3 Å². The standard InChI is InChI=1S/C8H13NO2/c1-7(4-5-9)6-8(10-2)11-3/h4,8H,6H2,1-3H3/b7-4+. The van der Waals surface area contributed by atoms with Crippen molar-refractivity contribution in [3.8, 4) is 6.07 Å². The van der Waals surface area contributed by atoms with Gasteiger partial charge in [0.25, 0.3) is 0 Å². The third-order valence-electron chi connectivity index (χ3n) is 1.33. The molecule has 0 heterocycles. The first kappa shape index (κ1) is 10.2. The van der Waals surface area contributed by atoms with Gasteiger partial charge in [-0.15, -0.1) is 0 Å². The van der Waals surface area contributed by atoms with Crippen LogP contribution in [0.4, 0.5) is 0 Å². The molecule has 0 aliphatic rings. The Hall–Kier alpha value is -0.850. The van der Waals surface area contributed by atoms with E-state index in [4.69, 9.17) is 14.7 Å². The zero-order valence-corrected chi connectivity index (χ0v) is 7.13. The smallest absolute Gasteiger partial charge is 0.160 e. The zero-order valence-electron chi connectivity index (χ0n) is 7.13. The quantitative estimate of drug-likeness (QED) is 0.456. The van der Waals surface area contributed by atoms with E-state index in [1.165, 1.54) is 6.08 Å². The summed E-state index contributed by atoms with van der Waals surface area (Å²) in [7, 11) is 3.15. The second-order valence-corrected chi connectivity index (χ2v) is 2.22. The van der Waals surface area contributed by atoms with Crippen LogP contribution in [0.3, 0.4) is 0 Å². The van der Waals surface area contributed by atoms with Gasteiger partial charge in [0.1, 0.15) is 0 Å². The van der Waals surface area contributed by atoms with Gasteiger partial charge >= 0.3 is 0 Å². The molecule has 3 nitrogen and oxygen atoms in total. The van der Waals surface area contributed by atoms with Crippen LogP contribution in [0.5, 0.6) is 0 Å². The van der Waals surface area contributed by atoms with Crippen LogP contribution in [0.1, 0.15) is 13.3 Å². The molecule has 0 bridgehead atoms. The van der Waals surface area contributed by atoms with E-state index in [9.17, 15) is 0 Å². The summed E-state index contributed by atoms with van der Waals surface area (Å²) in [6.07, 6.45) is 1.89. The van der Waals surface area contributed by atoms with Crippen LogP contribution in [-0.4, -0.2) is 20.5 Å². The Bertz CT molecular complexity index is 165. The molecule has 11 heavy (non-hydrogen) atoms. The minimum absolute atomic E-state index is 0.236. The Morgan fingerprint density at radius 1 is 1.55 bits per heavy atom. The number of nitriles is 1. The van der Waals surface area contributed by atoms with Crippen LogP contribution in [-0.2, 0) is 9.47 Å². The fraction of sp³-hybridized carbons (Fsp3) is 0.625. The average Bonchev–Trinajstić information content (AvgIpc) is 2.01. The van der Waals surface area contributed by atoms with Crippen molar-refractivity contribution in [3.05, 3.63) is 11.6 Å². The molecule has 0 atom stereocenters. The normalized spacial score (nSPS) is 11.7. The Morgan fingerprint density at radius 3 is 2.45 bits per heavy atom. The monoisotopic (exact) mass is 155 g/mol. The van der Waals surface area contributed by atoms with Crippen molar-refractivity contribution in [1.82, 2.24) is 0 Å². The Labute approximate surface area is 67.2 Å². The average molecular weight is 155 g/mol. The van der Waals surface area contributed by atoms with E-state index >= 15 is 0 Å². The summed E-state index contributed by atoms with van der Waals surface area (Å²) in [6.45, 7) is 1.87. The fourth-order valence-corrected chi connectivity index (χ4v) is 0.695. The number of nitrogens with zero attached hydrogens (tertiary/aromatic N) is 1. The van der Waals surface area contributed by atoms with Crippen LogP contribution in [0.25, 0.3) is 0 Å². The predicted octanol–water partition coefficient (Wildman–Crippen LogP) is 1.47. The lowest BCUT2D eigenvalue weighted by Crippen LogP contribution is -2.12. The van der Waals surface area contributed by atoms with Gasteiger partial charge in [0.2, 0.25) is 0 Å². The Kier molecular flexibility index (Phi) is 5.44. The van der Waals surface area contributed by atoms with E-state index in [1.54, 1.807) is 14.2 Å². The maximum atomic E-state index is 8.29. The second-order valence-electron chi connectivity index (χ2n) is 2.22. The molecule has 0 N–H and O–H groups in total. The van der Waals surface area contributed by atoms with E-state index in [0.29, 0.717) is 6.42 Å². The second kappa shape index (κ2) is 5.90. The van der Waals surface area contributed by atoms with Gasteiger partial charge in [-0.3, -0.25) is 0 Å². The molecule has 0 aromatic rings.